The summed E-state index contributed by atoms with van der Waals surface area (Å²) in [7, 11) is 1.77. The summed E-state index contributed by atoms with van der Waals surface area (Å²) in [4.78, 5) is 16.3. The third-order valence-electron chi connectivity index (χ3n) is 6.53. The molecule has 2 aromatic carbocycles. The van der Waals surface area contributed by atoms with E-state index in [-0.39, 0.29) is 23.5 Å². The second kappa shape index (κ2) is 6.76. The van der Waals surface area contributed by atoms with Crippen LogP contribution in [-0.2, 0) is 10.2 Å². The maximum atomic E-state index is 13.1. The average Bonchev–Trinajstić information content (AvgIpc) is 3.30. The van der Waals surface area contributed by atoms with Crippen molar-refractivity contribution in [2.45, 2.75) is 30.4 Å². The highest BCUT2D eigenvalue weighted by atomic mass is 16.5. The van der Waals surface area contributed by atoms with Crippen molar-refractivity contribution in [1.82, 2.24) is 15.6 Å². The number of amides is 1. The van der Waals surface area contributed by atoms with E-state index < -0.39 is 0 Å². The summed E-state index contributed by atoms with van der Waals surface area (Å²) < 4.78 is 6.05. The van der Waals surface area contributed by atoms with Gasteiger partial charge < -0.3 is 20.4 Å². The first-order valence-corrected chi connectivity index (χ1v) is 9.94. The van der Waals surface area contributed by atoms with Gasteiger partial charge in [0.25, 0.3) is 5.91 Å². The largest absolute Gasteiger partial charge is 0.378 e. The zero-order valence-corrected chi connectivity index (χ0v) is 16.0. The van der Waals surface area contributed by atoms with Gasteiger partial charge in [0.1, 0.15) is 0 Å². The molecule has 5 heteroatoms. The standard InChI is InChI=1S/C23H25N3O2/c1-28-21-20(26-22(27)16-7-6-15-8-11-25-19(15)14-16)17-4-2-3-5-18(17)23(21)9-12-24-13-10-23/h2-8,11,14,20-21,24-25H,9-10,12-13H2,1H3,(H,26,27)/t20-,21+/m1/s1. The number of piperidine rings is 1. The molecule has 0 unspecified atom stereocenters. The topological polar surface area (TPSA) is 66.1 Å². The molecule has 1 aliphatic carbocycles. The van der Waals surface area contributed by atoms with Crippen LogP contribution in [0.15, 0.2) is 54.7 Å². The van der Waals surface area contributed by atoms with E-state index in [1.54, 1.807) is 7.11 Å². The molecule has 5 rings (SSSR count). The molecule has 1 amide bonds. The lowest BCUT2D eigenvalue weighted by Crippen LogP contribution is -2.49. The summed E-state index contributed by atoms with van der Waals surface area (Å²) in [6.07, 6.45) is 3.86. The predicted molar refractivity (Wildman–Crippen MR) is 110 cm³/mol. The monoisotopic (exact) mass is 375 g/mol. The highest BCUT2D eigenvalue weighted by Gasteiger charge is 2.53. The third kappa shape index (κ3) is 2.58. The van der Waals surface area contributed by atoms with E-state index in [2.05, 4.69) is 39.9 Å². The lowest BCUT2D eigenvalue weighted by molar-refractivity contribution is 0.00397. The van der Waals surface area contributed by atoms with Crippen LogP contribution in [-0.4, -0.2) is 37.2 Å². The number of benzene rings is 2. The van der Waals surface area contributed by atoms with Crippen molar-refractivity contribution in [2.24, 2.45) is 0 Å². The molecule has 1 spiro atoms. The molecule has 3 N–H and O–H groups in total. The summed E-state index contributed by atoms with van der Waals surface area (Å²) in [5.41, 5.74) is 4.10. The fourth-order valence-corrected chi connectivity index (χ4v) is 5.21. The molecule has 5 nitrogen and oxygen atoms in total. The first-order chi connectivity index (χ1) is 13.7. The van der Waals surface area contributed by atoms with Crippen LogP contribution in [0.25, 0.3) is 10.9 Å². The minimum atomic E-state index is -0.147. The van der Waals surface area contributed by atoms with Crippen molar-refractivity contribution in [3.63, 3.8) is 0 Å². The Morgan fingerprint density at radius 3 is 2.79 bits per heavy atom. The van der Waals surface area contributed by atoms with Crippen molar-refractivity contribution in [3.05, 3.63) is 71.4 Å². The van der Waals surface area contributed by atoms with E-state index in [0.717, 1.165) is 36.8 Å². The molecule has 2 atom stereocenters. The van der Waals surface area contributed by atoms with Crippen molar-refractivity contribution in [3.8, 4) is 0 Å². The Balaban J connectivity index is 1.50. The van der Waals surface area contributed by atoms with Crippen LogP contribution >= 0.6 is 0 Å². The van der Waals surface area contributed by atoms with Gasteiger partial charge in [-0.1, -0.05) is 30.3 Å². The zero-order chi connectivity index (χ0) is 19.1. The molecule has 3 aromatic rings. The number of rotatable bonds is 3. The Kier molecular flexibility index (Phi) is 4.22. The second-order valence-electron chi connectivity index (χ2n) is 7.88. The Morgan fingerprint density at radius 2 is 1.96 bits per heavy atom. The van der Waals surface area contributed by atoms with Crippen molar-refractivity contribution in [2.75, 3.05) is 20.2 Å². The lowest BCUT2D eigenvalue weighted by atomic mass is 9.72. The van der Waals surface area contributed by atoms with E-state index in [0.29, 0.717) is 5.56 Å². The van der Waals surface area contributed by atoms with Gasteiger partial charge in [-0.15, -0.1) is 0 Å². The van der Waals surface area contributed by atoms with Gasteiger partial charge in [0.05, 0.1) is 12.1 Å². The number of aromatic nitrogens is 1. The average molecular weight is 375 g/mol. The number of fused-ring (bicyclic) bond motifs is 3. The quantitative estimate of drug-likeness (QED) is 0.658. The Hall–Kier alpha value is -2.63. The molecule has 1 fully saturated rings. The summed E-state index contributed by atoms with van der Waals surface area (Å²) in [6.45, 7) is 1.94. The minimum absolute atomic E-state index is 0.0437. The SMILES string of the molecule is CO[C@H]1[C@H](NC(=O)c2ccc3cc[nH]c3c2)c2ccccc2C12CCNCC2. The molecule has 2 heterocycles. The highest BCUT2D eigenvalue weighted by molar-refractivity contribution is 5.98. The van der Waals surface area contributed by atoms with E-state index in [1.165, 1.54) is 11.1 Å². The summed E-state index contributed by atoms with van der Waals surface area (Å²) in [5, 5.41) is 7.85. The maximum absolute atomic E-state index is 13.1. The molecule has 28 heavy (non-hydrogen) atoms. The number of carbonyl (C=O) groups is 1. The molecule has 1 saturated heterocycles. The smallest absolute Gasteiger partial charge is 0.251 e. The zero-order valence-electron chi connectivity index (χ0n) is 16.0. The summed E-state index contributed by atoms with van der Waals surface area (Å²) in [5.74, 6) is -0.0654. The molecular formula is C23H25N3O2. The van der Waals surface area contributed by atoms with Crippen molar-refractivity contribution >= 4 is 16.8 Å². The van der Waals surface area contributed by atoms with E-state index >= 15 is 0 Å². The van der Waals surface area contributed by atoms with Crippen LogP contribution in [0.3, 0.4) is 0 Å². The molecule has 0 saturated carbocycles. The van der Waals surface area contributed by atoms with E-state index in [9.17, 15) is 4.79 Å². The first kappa shape index (κ1) is 17.5. The number of ether oxygens (including phenoxy) is 1. The van der Waals surface area contributed by atoms with Crippen LogP contribution in [0.4, 0.5) is 0 Å². The van der Waals surface area contributed by atoms with Gasteiger partial charge in [0.15, 0.2) is 0 Å². The molecule has 0 radical (unpaired) electrons. The molecule has 1 aromatic heterocycles. The van der Waals surface area contributed by atoms with Gasteiger partial charge in [-0.3, -0.25) is 4.79 Å². The van der Waals surface area contributed by atoms with Crippen LogP contribution in [0.5, 0.6) is 0 Å². The number of hydrogen-bond donors (Lipinski definition) is 3. The number of methoxy groups -OCH3 is 1. The number of carbonyl (C=O) groups excluding carboxylic acids is 1. The molecule has 2 aliphatic rings. The normalized spacial score (nSPS) is 23.0. The Morgan fingerprint density at radius 1 is 1.14 bits per heavy atom. The van der Waals surface area contributed by atoms with Gasteiger partial charge >= 0.3 is 0 Å². The van der Waals surface area contributed by atoms with Gasteiger partial charge in [0.2, 0.25) is 0 Å². The first-order valence-electron chi connectivity index (χ1n) is 9.94. The Labute approximate surface area is 164 Å². The van der Waals surface area contributed by atoms with Gasteiger partial charge in [-0.05, 0) is 60.6 Å². The number of hydrogen-bond acceptors (Lipinski definition) is 3. The van der Waals surface area contributed by atoms with Crippen LogP contribution in [0, 0.1) is 0 Å². The lowest BCUT2D eigenvalue weighted by Gasteiger charge is -2.40. The summed E-state index contributed by atoms with van der Waals surface area (Å²) in [6, 6.07) is 16.1. The number of aromatic amines is 1. The van der Waals surface area contributed by atoms with Crippen molar-refractivity contribution < 1.29 is 9.53 Å². The minimum Gasteiger partial charge on any atom is -0.378 e. The van der Waals surface area contributed by atoms with Crippen molar-refractivity contribution in [1.29, 1.82) is 0 Å². The van der Waals surface area contributed by atoms with Crippen LogP contribution < -0.4 is 10.6 Å². The number of nitrogens with one attached hydrogen (secondary N) is 3. The van der Waals surface area contributed by atoms with E-state index in [4.69, 9.17) is 4.74 Å². The Bertz CT molecular complexity index is 1020. The second-order valence-corrected chi connectivity index (χ2v) is 7.88. The van der Waals surface area contributed by atoms with E-state index in [1.807, 2.05) is 30.5 Å². The van der Waals surface area contributed by atoms with Crippen LogP contribution in [0.1, 0.15) is 40.4 Å². The fraction of sp³-hybridized carbons (Fsp3) is 0.348. The molecule has 144 valence electrons. The molecular weight excluding hydrogens is 350 g/mol. The predicted octanol–water partition coefficient (Wildman–Crippen LogP) is 3.29. The third-order valence-corrected chi connectivity index (χ3v) is 6.53. The maximum Gasteiger partial charge on any atom is 0.251 e. The number of H-pyrrole nitrogens is 1. The van der Waals surface area contributed by atoms with Gasteiger partial charge in [-0.25, -0.2) is 0 Å². The molecule has 0 bridgehead atoms. The van der Waals surface area contributed by atoms with Gasteiger partial charge in [0, 0.05) is 29.8 Å². The van der Waals surface area contributed by atoms with Crippen LogP contribution in [0.2, 0.25) is 0 Å². The van der Waals surface area contributed by atoms with Gasteiger partial charge in [-0.2, -0.15) is 0 Å². The summed E-state index contributed by atoms with van der Waals surface area (Å²) >= 11 is 0. The molecule has 1 aliphatic heterocycles. The highest BCUT2D eigenvalue weighted by Crippen LogP contribution is 2.51. The fourth-order valence-electron chi connectivity index (χ4n) is 5.21.